The van der Waals surface area contributed by atoms with E-state index in [0.717, 1.165) is 12.1 Å². The third kappa shape index (κ3) is 5.33. The topological polar surface area (TPSA) is 55.4 Å². The summed E-state index contributed by atoms with van der Waals surface area (Å²) < 4.78 is 27.9. The number of anilines is 1. The van der Waals surface area contributed by atoms with Crippen LogP contribution in [0.3, 0.4) is 0 Å². The van der Waals surface area contributed by atoms with Gasteiger partial charge in [0.25, 0.3) is 0 Å². The molecular formula is C13H19NO3S. The van der Waals surface area contributed by atoms with Gasteiger partial charge in [0.15, 0.2) is 9.84 Å². The van der Waals surface area contributed by atoms with Gasteiger partial charge in [0.1, 0.15) is 0 Å². The molecular weight excluding hydrogens is 250 g/mol. The first-order valence-corrected chi connectivity index (χ1v) is 7.66. The van der Waals surface area contributed by atoms with Crippen LogP contribution in [-0.4, -0.2) is 34.4 Å². The van der Waals surface area contributed by atoms with E-state index < -0.39 is 9.84 Å². The highest BCUT2D eigenvalue weighted by molar-refractivity contribution is 7.90. The monoisotopic (exact) mass is 269 g/mol. The van der Waals surface area contributed by atoms with Gasteiger partial charge in [0, 0.05) is 18.5 Å². The average molecular weight is 269 g/mol. The quantitative estimate of drug-likeness (QED) is 0.580. The molecule has 0 heterocycles. The van der Waals surface area contributed by atoms with Gasteiger partial charge in [-0.2, -0.15) is 0 Å². The lowest BCUT2D eigenvalue weighted by Gasteiger charge is -2.07. The Labute approximate surface area is 109 Å². The zero-order valence-corrected chi connectivity index (χ0v) is 11.4. The van der Waals surface area contributed by atoms with Gasteiger partial charge in [-0.25, -0.2) is 8.42 Å². The average Bonchev–Trinajstić information content (AvgIpc) is 2.33. The summed E-state index contributed by atoms with van der Waals surface area (Å²) in [5.74, 6) is 0. The van der Waals surface area contributed by atoms with Gasteiger partial charge in [0.2, 0.25) is 0 Å². The standard InChI is InChI=1S/C13H19NO3S/c1-3-4-10-17-11-9-14-12-5-7-13(8-6-12)18(2,15)16/h3,5-8,14H,1,4,9-11H2,2H3. The van der Waals surface area contributed by atoms with Crippen molar-refractivity contribution in [3.05, 3.63) is 36.9 Å². The molecule has 4 nitrogen and oxygen atoms in total. The Balaban J connectivity index is 2.34. The van der Waals surface area contributed by atoms with E-state index in [1.54, 1.807) is 24.3 Å². The largest absolute Gasteiger partial charge is 0.383 e. The van der Waals surface area contributed by atoms with Crippen LogP contribution in [0.15, 0.2) is 41.8 Å². The lowest BCUT2D eigenvalue weighted by atomic mass is 10.3. The summed E-state index contributed by atoms with van der Waals surface area (Å²) in [4.78, 5) is 0.329. The molecule has 0 aliphatic carbocycles. The maximum Gasteiger partial charge on any atom is 0.175 e. The van der Waals surface area contributed by atoms with Crippen molar-refractivity contribution in [2.45, 2.75) is 11.3 Å². The Hall–Kier alpha value is -1.33. The van der Waals surface area contributed by atoms with Crippen molar-refractivity contribution in [2.75, 3.05) is 31.3 Å². The number of hydrogen-bond donors (Lipinski definition) is 1. The molecule has 0 saturated carbocycles. The minimum Gasteiger partial charge on any atom is -0.383 e. The van der Waals surface area contributed by atoms with Crippen LogP contribution < -0.4 is 5.32 Å². The molecule has 0 fully saturated rings. The van der Waals surface area contributed by atoms with Gasteiger partial charge in [-0.3, -0.25) is 0 Å². The van der Waals surface area contributed by atoms with Crippen LogP contribution in [0.4, 0.5) is 5.69 Å². The van der Waals surface area contributed by atoms with Crippen LogP contribution in [0.2, 0.25) is 0 Å². The summed E-state index contributed by atoms with van der Waals surface area (Å²) in [5.41, 5.74) is 0.884. The fourth-order valence-electron chi connectivity index (χ4n) is 1.36. The molecule has 0 spiro atoms. The third-order valence-electron chi connectivity index (χ3n) is 2.32. The molecule has 1 aromatic carbocycles. The number of benzene rings is 1. The molecule has 1 rings (SSSR count). The van der Waals surface area contributed by atoms with Gasteiger partial charge in [-0.05, 0) is 30.7 Å². The minimum atomic E-state index is -3.12. The highest BCUT2D eigenvalue weighted by Gasteiger charge is 2.05. The Bertz CT molecular complexity index is 466. The van der Waals surface area contributed by atoms with E-state index in [1.807, 2.05) is 6.08 Å². The summed E-state index contributed by atoms with van der Waals surface area (Å²) in [7, 11) is -3.12. The van der Waals surface area contributed by atoms with Crippen LogP contribution in [0, 0.1) is 0 Å². The molecule has 0 unspecified atom stereocenters. The predicted molar refractivity (Wildman–Crippen MR) is 73.7 cm³/mol. The molecule has 18 heavy (non-hydrogen) atoms. The number of sulfone groups is 1. The van der Waals surface area contributed by atoms with Crippen molar-refractivity contribution in [1.29, 1.82) is 0 Å². The summed E-state index contributed by atoms with van der Waals surface area (Å²) >= 11 is 0. The van der Waals surface area contributed by atoms with E-state index >= 15 is 0 Å². The van der Waals surface area contributed by atoms with Gasteiger partial charge in [0.05, 0.1) is 18.1 Å². The smallest absolute Gasteiger partial charge is 0.175 e. The van der Waals surface area contributed by atoms with Crippen molar-refractivity contribution < 1.29 is 13.2 Å². The van der Waals surface area contributed by atoms with E-state index in [9.17, 15) is 8.42 Å². The van der Waals surface area contributed by atoms with Gasteiger partial charge in [-0.1, -0.05) is 6.08 Å². The summed E-state index contributed by atoms with van der Waals surface area (Å²) in [5, 5.41) is 3.15. The summed E-state index contributed by atoms with van der Waals surface area (Å²) in [6, 6.07) is 6.69. The van der Waals surface area contributed by atoms with E-state index in [1.165, 1.54) is 6.26 Å². The molecule has 0 aliphatic rings. The molecule has 0 aromatic heterocycles. The van der Waals surface area contributed by atoms with Crippen molar-refractivity contribution in [3.63, 3.8) is 0 Å². The highest BCUT2D eigenvalue weighted by Crippen LogP contribution is 2.13. The van der Waals surface area contributed by atoms with Crippen molar-refractivity contribution in [1.82, 2.24) is 0 Å². The summed E-state index contributed by atoms with van der Waals surface area (Å²) in [6.07, 6.45) is 3.86. The van der Waals surface area contributed by atoms with Crippen LogP contribution in [0.5, 0.6) is 0 Å². The molecule has 0 saturated heterocycles. The van der Waals surface area contributed by atoms with Crippen LogP contribution in [0.1, 0.15) is 6.42 Å². The molecule has 5 heteroatoms. The second-order valence-electron chi connectivity index (χ2n) is 3.91. The van der Waals surface area contributed by atoms with Gasteiger partial charge in [-0.15, -0.1) is 6.58 Å². The molecule has 0 atom stereocenters. The number of ether oxygens (including phenoxy) is 1. The molecule has 1 aromatic rings. The van der Waals surface area contributed by atoms with Crippen LogP contribution in [0.25, 0.3) is 0 Å². The van der Waals surface area contributed by atoms with E-state index in [0.29, 0.717) is 24.7 Å². The fraction of sp³-hybridized carbons (Fsp3) is 0.385. The molecule has 1 N–H and O–H groups in total. The number of nitrogens with one attached hydrogen (secondary N) is 1. The molecule has 100 valence electrons. The normalized spacial score (nSPS) is 11.2. The zero-order chi connectivity index (χ0) is 13.4. The maximum absolute atomic E-state index is 11.3. The van der Waals surface area contributed by atoms with Crippen molar-refractivity contribution in [2.24, 2.45) is 0 Å². The maximum atomic E-state index is 11.3. The van der Waals surface area contributed by atoms with E-state index in [-0.39, 0.29) is 0 Å². The third-order valence-corrected chi connectivity index (χ3v) is 3.45. The lowest BCUT2D eigenvalue weighted by Crippen LogP contribution is -2.09. The SMILES string of the molecule is C=CCCOCCNc1ccc(S(C)(=O)=O)cc1. The lowest BCUT2D eigenvalue weighted by molar-refractivity contribution is 0.149. The van der Waals surface area contributed by atoms with Crippen LogP contribution >= 0.6 is 0 Å². The Morgan fingerprint density at radius 3 is 2.50 bits per heavy atom. The molecule has 0 radical (unpaired) electrons. The fourth-order valence-corrected chi connectivity index (χ4v) is 1.99. The van der Waals surface area contributed by atoms with Gasteiger partial charge < -0.3 is 10.1 Å². The van der Waals surface area contributed by atoms with E-state index in [2.05, 4.69) is 11.9 Å². The molecule has 0 bridgehead atoms. The Morgan fingerprint density at radius 2 is 1.94 bits per heavy atom. The number of rotatable bonds is 8. The Kier molecular flexibility index (Phi) is 5.88. The molecule has 0 aliphatic heterocycles. The predicted octanol–water partition coefficient (Wildman–Crippen LogP) is 2.09. The van der Waals surface area contributed by atoms with E-state index in [4.69, 9.17) is 4.74 Å². The first-order chi connectivity index (χ1) is 8.54. The van der Waals surface area contributed by atoms with Crippen LogP contribution in [-0.2, 0) is 14.6 Å². The first-order valence-electron chi connectivity index (χ1n) is 5.76. The molecule has 0 amide bonds. The van der Waals surface area contributed by atoms with Gasteiger partial charge >= 0.3 is 0 Å². The highest BCUT2D eigenvalue weighted by atomic mass is 32.2. The second kappa shape index (κ2) is 7.18. The zero-order valence-electron chi connectivity index (χ0n) is 10.6. The summed E-state index contributed by atoms with van der Waals surface area (Å²) in [6.45, 7) is 5.59. The van der Waals surface area contributed by atoms with Crippen molar-refractivity contribution in [3.8, 4) is 0 Å². The second-order valence-corrected chi connectivity index (χ2v) is 5.93. The van der Waals surface area contributed by atoms with Crippen molar-refractivity contribution >= 4 is 15.5 Å². The number of hydrogen-bond acceptors (Lipinski definition) is 4. The Morgan fingerprint density at radius 1 is 1.28 bits per heavy atom. The first kappa shape index (κ1) is 14.7. The minimum absolute atomic E-state index is 0.329.